The van der Waals surface area contributed by atoms with Crippen LogP contribution in [0.15, 0.2) is 60.8 Å². The van der Waals surface area contributed by atoms with Gasteiger partial charge in [-0.3, -0.25) is 18.9 Å². The lowest BCUT2D eigenvalue weighted by atomic mass is 9.85. The number of halogens is 5. The third-order valence-electron chi connectivity index (χ3n) is 8.23. The fraction of sp³-hybridized carbons (Fsp3) is 0.400. The van der Waals surface area contributed by atoms with Crippen LogP contribution in [0.3, 0.4) is 0 Å². The average molecular weight is 656 g/mol. The summed E-state index contributed by atoms with van der Waals surface area (Å²) >= 11 is 6.04. The lowest BCUT2D eigenvalue weighted by Crippen LogP contribution is -2.55. The first-order valence-electron chi connectivity index (χ1n) is 14.2. The van der Waals surface area contributed by atoms with Gasteiger partial charge in [0.15, 0.2) is 0 Å². The number of amides is 1. The number of rotatable bonds is 8. The highest BCUT2D eigenvalue weighted by molar-refractivity contribution is 8.22. The molecule has 238 valence electrons. The zero-order chi connectivity index (χ0) is 31.6. The van der Waals surface area contributed by atoms with Gasteiger partial charge >= 0.3 is 6.18 Å². The van der Waals surface area contributed by atoms with Crippen LogP contribution in [0.25, 0.3) is 0 Å². The van der Waals surface area contributed by atoms with Gasteiger partial charge in [0.25, 0.3) is 0 Å². The summed E-state index contributed by atoms with van der Waals surface area (Å²) in [5, 5.41) is 6.59. The minimum absolute atomic E-state index is 0.165. The summed E-state index contributed by atoms with van der Waals surface area (Å²) in [4.78, 5) is 17.1. The lowest BCUT2D eigenvalue weighted by molar-refractivity contribution is -0.141. The third-order valence-corrected chi connectivity index (χ3v) is 10.5. The molecule has 0 radical (unpaired) electrons. The second kappa shape index (κ2) is 13.3. The average Bonchev–Trinajstić information content (AvgIpc) is 3.09. The van der Waals surface area contributed by atoms with Gasteiger partial charge in [0, 0.05) is 53.6 Å². The van der Waals surface area contributed by atoms with Crippen molar-refractivity contribution >= 4 is 34.0 Å². The SMILES string of the molecule is N[C@H](C(=O)Nc1cccc(F)c1CCC1CNC2CCCS(O)(O)N1C2)[C@@H](c1ccc(Cl)cc1)c1ccc(C(F)(F)F)nc1. The Labute approximate surface area is 259 Å². The summed E-state index contributed by atoms with van der Waals surface area (Å²) in [5.74, 6) is -1.82. The Hall–Kier alpha value is -2.78. The molecule has 1 aromatic heterocycles. The molecule has 2 aliphatic rings. The van der Waals surface area contributed by atoms with E-state index in [0.717, 1.165) is 18.7 Å². The molecular weight excluding hydrogens is 622 g/mol. The fourth-order valence-electron chi connectivity index (χ4n) is 5.92. The number of nitrogens with zero attached hydrogens (tertiary/aromatic N) is 2. The molecular formula is C30H34ClF4N5O3S. The second-order valence-electron chi connectivity index (χ2n) is 11.2. The Morgan fingerprint density at radius 2 is 1.89 bits per heavy atom. The van der Waals surface area contributed by atoms with E-state index in [-0.39, 0.29) is 35.3 Å². The Morgan fingerprint density at radius 1 is 1.16 bits per heavy atom. The van der Waals surface area contributed by atoms with E-state index in [1.54, 1.807) is 34.6 Å². The number of pyridine rings is 1. The first-order valence-corrected chi connectivity index (χ1v) is 16.3. The van der Waals surface area contributed by atoms with Crippen molar-refractivity contribution in [3.05, 3.63) is 94.0 Å². The number of benzene rings is 2. The number of piperazine rings is 1. The van der Waals surface area contributed by atoms with Crippen molar-refractivity contribution in [2.45, 2.75) is 55.9 Å². The molecule has 0 aliphatic carbocycles. The molecule has 5 atom stereocenters. The highest BCUT2D eigenvalue weighted by atomic mass is 35.5. The van der Waals surface area contributed by atoms with E-state index >= 15 is 4.39 Å². The van der Waals surface area contributed by atoms with Crippen LogP contribution < -0.4 is 16.4 Å². The number of carbonyl (C=O) groups excluding carboxylic acids is 1. The molecule has 2 fully saturated rings. The maximum Gasteiger partial charge on any atom is 0.433 e. The summed E-state index contributed by atoms with van der Waals surface area (Å²) in [5.41, 5.74) is 6.62. The summed E-state index contributed by atoms with van der Waals surface area (Å²) in [6.07, 6.45) is -1.45. The maximum atomic E-state index is 15.2. The minimum atomic E-state index is -4.64. The van der Waals surface area contributed by atoms with Gasteiger partial charge < -0.3 is 16.4 Å². The van der Waals surface area contributed by atoms with E-state index in [1.165, 1.54) is 18.2 Å². The zero-order valence-corrected chi connectivity index (χ0v) is 25.2. The van der Waals surface area contributed by atoms with Gasteiger partial charge in [-0.2, -0.15) is 13.2 Å². The van der Waals surface area contributed by atoms with Gasteiger partial charge in [0.1, 0.15) is 11.5 Å². The van der Waals surface area contributed by atoms with Gasteiger partial charge in [-0.1, -0.05) is 35.9 Å². The van der Waals surface area contributed by atoms with Crippen LogP contribution >= 0.6 is 22.4 Å². The molecule has 3 heterocycles. The minimum Gasteiger partial charge on any atom is -0.324 e. The van der Waals surface area contributed by atoms with Crippen molar-refractivity contribution in [1.82, 2.24) is 14.6 Å². The molecule has 3 aromatic rings. The standard InChI is InChI=1S/C30H34ClF4N5O3S/c31-20-9-6-18(7-10-20)27(19-8-13-26(38-15-19)30(33,34)35)28(36)29(41)39-25-5-1-4-24(32)23(25)12-11-22-16-37-21-3-2-14-44(42,43)40(22)17-21/h1,4-10,13,15,21-22,27-28,37,42-43H,2-3,11-12,14,16-17,36H2,(H,39,41)/t21?,22?,27-,28-/m0/s1. The van der Waals surface area contributed by atoms with Crippen molar-refractivity contribution in [1.29, 1.82) is 0 Å². The number of carbonyl (C=O) groups is 1. The molecule has 0 saturated carbocycles. The van der Waals surface area contributed by atoms with Crippen LogP contribution in [0.2, 0.25) is 5.02 Å². The molecule has 1 amide bonds. The fourth-order valence-corrected chi connectivity index (χ4v) is 7.91. The Kier molecular flexibility index (Phi) is 9.85. The molecule has 8 nitrogen and oxygen atoms in total. The van der Waals surface area contributed by atoms with Gasteiger partial charge in [0.2, 0.25) is 5.91 Å². The largest absolute Gasteiger partial charge is 0.433 e. The first-order chi connectivity index (χ1) is 20.8. The number of anilines is 1. The van der Waals surface area contributed by atoms with E-state index in [1.807, 2.05) is 0 Å². The number of alkyl halides is 3. The Bertz CT molecular complexity index is 1460. The monoisotopic (exact) mass is 655 g/mol. The van der Waals surface area contributed by atoms with Gasteiger partial charge in [-0.15, -0.1) is 10.8 Å². The van der Waals surface area contributed by atoms with E-state index in [2.05, 4.69) is 15.6 Å². The number of nitrogens with two attached hydrogens (primary N) is 1. The van der Waals surface area contributed by atoms with Crippen LogP contribution in [0.1, 0.15) is 47.6 Å². The molecule has 2 bridgehead atoms. The molecule has 2 aliphatic heterocycles. The molecule has 3 unspecified atom stereocenters. The second-order valence-corrected chi connectivity index (χ2v) is 13.7. The predicted molar refractivity (Wildman–Crippen MR) is 163 cm³/mol. The van der Waals surface area contributed by atoms with Crippen molar-refractivity contribution in [3.63, 3.8) is 0 Å². The molecule has 5 rings (SSSR count). The number of fused-ring (bicyclic) bond motifs is 2. The molecule has 2 aromatic carbocycles. The maximum absolute atomic E-state index is 15.2. The van der Waals surface area contributed by atoms with Crippen molar-refractivity contribution in [2.24, 2.45) is 5.73 Å². The van der Waals surface area contributed by atoms with Crippen LogP contribution in [-0.4, -0.2) is 61.3 Å². The molecule has 2 saturated heterocycles. The third kappa shape index (κ3) is 7.36. The smallest absolute Gasteiger partial charge is 0.324 e. The summed E-state index contributed by atoms with van der Waals surface area (Å²) in [7, 11) is -2.93. The predicted octanol–water partition coefficient (Wildman–Crippen LogP) is 6.03. The van der Waals surface area contributed by atoms with Crippen molar-refractivity contribution < 1.29 is 31.5 Å². The van der Waals surface area contributed by atoms with Gasteiger partial charge in [0.05, 0.1) is 11.8 Å². The van der Waals surface area contributed by atoms with Crippen LogP contribution in [0, 0.1) is 5.82 Å². The summed E-state index contributed by atoms with van der Waals surface area (Å²) in [6.45, 7) is 1.01. The quantitative estimate of drug-likeness (QED) is 0.188. The number of hydrogen-bond acceptors (Lipinski definition) is 7. The molecule has 44 heavy (non-hydrogen) atoms. The normalized spacial score (nSPS) is 23.7. The van der Waals surface area contributed by atoms with E-state index < -0.39 is 46.3 Å². The van der Waals surface area contributed by atoms with Crippen LogP contribution in [-0.2, 0) is 17.4 Å². The summed E-state index contributed by atoms with van der Waals surface area (Å²) in [6, 6.07) is 11.4. The van der Waals surface area contributed by atoms with Gasteiger partial charge in [-0.05, 0) is 67.1 Å². The van der Waals surface area contributed by atoms with E-state index in [9.17, 15) is 27.1 Å². The Morgan fingerprint density at radius 3 is 2.57 bits per heavy atom. The van der Waals surface area contributed by atoms with E-state index in [4.69, 9.17) is 17.3 Å². The lowest BCUT2D eigenvalue weighted by Gasteiger charge is -2.49. The molecule has 14 heteroatoms. The topological polar surface area (TPSA) is 124 Å². The van der Waals surface area contributed by atoms with Crippen molar-refractivity contribution in [2.75, 3.05) is 24.2 Å². The summed E-state index contributed by atoms with van der Waals surface area (Å²) < 4.78 is 77.9. The highest BCUT2D eigenvalue weighted by Crippen LogP contribution is 2.49. The van der Waals surface area contributed by atoms with E-state index in [0.29, 0.717) is 42.3 Å². The zero-order valence-electron chi connectivity index (χ0n) is 23.6. The number of hydrogen-bond donors (Lipinski definition) is 5. The number of nitrogens with one attached hydrogen (secondary N) is 2. The molecule has 6 N–H and O–H groups in total. The van der Waals surface area contributed by atoms with Crippen molar-refractivity contribution in [3.8, 4) is 0 Å². The number of aromatic nitrogens is 1. The Balaban J connectivity index is 1.36. The van der Waals surface area contributed by atoms with Crippen LogP contribution in [0.5, 0.6) is 0 Å². The van der Waals surface area contributed by atoms with Crippen LogP contribution in [0.4, 0.5) is 23.2 Å². The highest BCUT2D eigenvalue weighted by Gasteiger charge is 2.38. The first kappa shape index (κ1) is 32.6. The van der Waals surface area contributed by atoms with Gasteiger partial charge in [-0.25, -0.2) is 8.70 Å². The molecule has 0 spiro atoms.